The Balaban J connectivity index is 0.000000264. The Labute approximate surface area is 73.6 Å². The van der Waals surface area contributed by atoms with Crippen molar-refractivity contribution >= 4 is 0 Å². The molecule has 2 heteroatoms. The third kappa shape index (κ3) is 0.904. The van der Waals surface area contributed by atoms with Crippen molar-refractivity contribution in [3.8, 4) is 0 Å². The Morgan fingerprint density at radius 3 is 2.42 bits per heavy atom. The fourth-order valence-corrected chi connectivity index (χ4v) is 1.71. The van der Waals surface area contributed by atoms with E-state index in [2.05, 4.69) is 22.9 Å². The quantitative estimate of drug-likeness (QED) is 0.623. The third-order valence-electron chi connectivity index (χ3n) is 2.81. The zero-order valence-corrected chi connectivity index (χ0v) is 8.04. The second kappa shape index (κ2) is 2.35. The molecule has 0 saturated heterocycles. The topological polar surface area (TPSA) is 17.8 Å². The van der Waals surface area contributed by atoms with Gasteiger partial charge in [-0.15, -0.1) is 0 Å². The van der Waals surface area contributed by atoms with Crippen LogP contribution in [0.2, 0.25) is 0 Å². The first-order valence-corrected chi connectivity index (χ1v) is 4.83. The maximum atomic E-state index is 4.31. The van der Waals surface area contributed by atoms with Gasteiger partial charge in [-0.2, -0.15) is 5.10 Å². The van der Waals surface area contributed by atoms with E-state index in [-0.39, 0.29) is 0 Å². The van der Waals surface area contributed by atoms with Crippen molar-refractivity contribution in [2.75, 3.05) is 0 Å². The first-order chi connectivity index (χ1) is 5.81. The standard InChI is InChI=1S/C8H10N2.C2H6/c1-6-4-9-10(5-6)8-2-7(8)3-8;1-2/h4-5,7H,2-3H2,1H3;1-2H3. The largest absolute Gasteiger partial charge is 0.266 e. The summed E-state index contributed by atoms with van der Waals surface area (Å²) in [5.74, 6) is 0.992. The molecule has 2 aliphatic carbocycles. The summed E-state index contributed by atoms with van der Waals surface area (Å²) in [5, 5.41) is 4.31. The summed E-state index contributed by atoms with van der Waals surface area (Å²) in [6, 6.07) is 0. The van der Waals surface area contributed by atoms with E-state index in [0.29, 0.717) is 5.54 Å². The number of rotatable bonds is 1. The van der Waals surface area contributed by atoms with Gasteiger partial charge in [0.15, 0.2) is 0 Å². The van der Waals surface area contributed by atoms with Gasteiger partial charge in [0.05, 0.1) is 11.7 Å². The molecule has 1 heterocycles. The van der Waals surface area contributed by atoms with Crippen LogP contribution in [0.25, 0.3) is 0 Å². The Kier molecular flexibility index (Phi) is 1.53. The van der Waals surface area contributed by atoms with Gasteiger partial charge >= 0.3 is 0 Å². The van der Waals surface area contributed by atoms with Crippen molar-refractivity contribution in [1.82, 2.24) is 9.78 Å². The second-order valence-corrected chi connectivity index (χ2v) is 3.67. The average Bonchev–Trinajstić information content (AvgIpc) is 2.87. The van der Waals surface area contributed by atoms with Crippen molar-refractivity contribution in [2.45, 2.75) is 39.2 Å². The van der Waals surface area contributed by atoms with Crippen molar-refractivity contribution < 1.29 is 0 Å². The average molecular weight is 164 g/mol. The summed E-state index contributed by atoms with van der Waals surface area (Å²) < 4.78 is 2.16. The molecule has 0 aromatic carbocycles. The van der Waals surface area contributed by atoms with Crippen LogP contribution in [0.1, 0.15) is 32.3 Å². The molecule has 0 aliphatic heterocycles. The first-order valence-electron chi connectivity index (χ1n) is 4.83. The summed E-state index contributed by atoms with van der Waals surface area (Å²) in [5.41, 5.74) is 1.82. The highest BCUT2D eigenvalue weighted by Gasteiger charge is 2.72. The van der Waals surface area contributed by atoms with Crippen LogP contribution in [0.5, 0.6) is 0 Å². The van der Waals surface area contributed by atoms with Gasteiger partial charge in [0.25, 0.3) is 0 Å². The lowest BCUT2D eigenvalue weighted by Gasteiger charge is -2.01. The smallest absolute Gasteiger partial charge is 0.0664 e. The molecular weight excluding hydrogens is 148 g/mol. The maximum absolute atomic E-state index is 4.31. The highest BCUT2D eigenvalue weighted by molar-refractivity contribution is 5.24. The molecular formula is C10H16N2. The Hall–Kier alpha value is -0.790. The van der Waals surface area contributed by atoms with Crippen LogP contribution in [0, 0.1) is 12.8 Å². The molecule has 1 aromatic heterocycles. The molecule has 12 heavy (non-hydrogen) atoms. The minimum absolute atomic E-state index is 0.536. The Morgan fingerprint density at radius 1 is 1.50 bits per heavy atom. The van der Waals surface area contributed by atoms with E-state index in [1.165, 1.54) is 18.4 Å². The predicted octanol–water partition coefficient (Wildman–Crippen LogP) is 2.34. The van der Waals surface area contributed by atoms with Crippen LogP contribution in [0.3, 0.4) is 0 Å². The van der Waals surface area contributed by atoms with Gasteiger partial charge in [-0.1, -0.05) is 13.8 Å². The minimum atomic E-state index is 0.536. The summed E-state index contributed by atoms with van der Waals surface area (Å²) in [6.07, 6.45) is 6.87. The van der Waals surface area contributed by atoms with E-state index in [4.69, 9.17) is 0 Å². The van der Waals surface area contributed by atoms with Crippen LogP contribution in [0.15, 0.2) is 12.4 Å². The van der Waals surface area contributed by atoms with E-state index in [0.717, 1.165) is 5.92 Å². The van der Waals surface area contributed by atoms with Crippen LogP contribution in [-0.4, -0.2) is 9.78 Å². The fourth-order valence-electron chi connectivity index (χ4n) is 1.71. The number of fused-ring (bicyclic) bond motifs is 1. The van der Waals surface area contributed by atoms with E-state index in [1.807, 2.05) is 20.0 Å². The fraction of sp³-hybridized carbons (Fsp3) is 0.700. The van der Waals surface area contributed by atoms with E-state index >= 15 is 0 Å². The van der Waals surface area contributed by atoms with Crippen molar-refractivity contribution in [3.63, 3.8) is 0 Å². The van der Waals surface area contributed by atoms with Crippen LogP contribution in [-0.2, 0) is 5.54 Å². The molecule has 0 radical (unpaired) electrons. The SMILES string of the molecule is CC.Cc1cnn(C23CC2C3)c1. The predicted molar refractivity (Wildman–Crippen MR) is 49.0 cm³/mol. The van der Waals surface area contributed by atoms with Gasteiger partial charge in [0.1, 0.15) is 0 Å². The Morgan fingerprint density at radius 2 is 2.08 bits per heavy atom. The third-order valence-corrected chi connectivity index (χ3v) is 2.81. The molecule has 0 N–H and O–H groups in total. The monoisotopic (exact) mass is 164 g/mol. The van der Waals surface area contributed by atoms with Gasteiger partial charge in [-0.25, -0.2) is 0 Å². The zero-order chi connectivity index (χ0) is 8.77. The summed E-state index contributed by atoms with van der Waals surface area (Å²) in [4.78, 5) is 0. The molecule has 2 nitrogen and oxygen atoms in total. The molecule has 0 bridgehead atoms. The molecule has 2 fully saturated rings. The Bertz CT molecular complexity index is 282. The van der Waals surface area contributed by atoms with Crippen LogP contribution in [0.4, 0.5) is 0 Å². The minimum Gasteiger partial charge on any atom is -0.266 e. The molecule has 66 valence electrons. The number of hydrogen-bond acceptors (Lipinski definition) is 1. The van der Waals surface area contributed by atoms with Gasteiger partial charge in [-0.05, 0) is 31.2 Å². The maximum Gasteiger partial charge on any atom is 0.0664 e. The summed E-state index contributed by atoms with van der Waals surface area (Å²) in [7, 11) is 0. The summed E-state index contributed by atoms with van der Waals surface area (Å²) in [6.45, 7) is 6.10. The van der Waals surface area contributed by atoms with Crippen molar-refractivity contribution in [3.05, 3.63) is 18.0 Å². The van der Waals surface area contributed by atoms with Gasteiger partial charge < -0.3 is 0 Å². The van der Waals surface area contributed by atoms with Crippen molar-refractivity contribution in [1.29, 1.82) is 0 Å². The lowest BCUT2D eigenvalue weighted by Crippen LogP contribution is -2.06. The van der Waals surface area contributed by atoms with E-state index < -0.39 is 0 Å². The lowest BCUT2D eigenvalue weighted by molar-refractivity contribution is 0.530. The molecule has 0 atom stereocenters. The molecule has 0 unspecified atom stereocenters. The van der Waals surface area contributed by atoms with Crippen LogP contribution >= 0.6 is 0 Å². The number of aromatic nitrogens is 2. The van der Waals surface area contributed by atoms with Gasteiger partial charge in [0.2, 0.25) is 0 Å². The van der Waals surface area contributed by atoms with Gasteiger partial charge in [0, 0.05) is 6.20 Å². The highest BCUT2D eigenvalue weighted by Crippen LogP contribution is 2.72. The highest BCUT2D eigenvalue weighted by atomic mass is 15.4. The van der Waals surface area contributed by atoms with Crippen molar-refractivity contribution in [2.24, 2.45) is 5.92 Å². The molecule has 0 amide bonds. The summed E-state index contributed by atoms with van der Waals surface area (Å²) >= 11 is 0. The second-order valence-electron chi connectivity index (χ2n) is 3.67. The molecule has 0 spiro atoms. The molecule has 2 aliphatic rings. The molecule has 1 aromatic rings. The van der Waals surface area contributed by atoms with E-state index in [9.17, 15) is 0 Å². The lowest BCUT2D eigenvalue weighted by atomic mass is 10.3. The normalized spacial score (nSPS) is 34.8. The van der Waals surface area contributed by atoms with Crippen LogP contribution < -0.4 is 0 Å². The van der Waals surface area contributed by atoms with Gasteiger partial charge in [-0.3, -0.25) is 4.68 Å². The van der Waals surface area contributed by atoms with E-state index in [1.54, 1.807) is 0 Å². The number of hydrogen-bond donors (Lipinski definition) is 0. The molecule has 3 rings (SSSR count). The first kappa shape index (κ1) is 7.84. The molecule has 2 saturated carbocycles. The number of nitrogens with zero attached hydrogens (tertiary/aromatic N) is 2. The zero-order valence-electron chi connectivity index (χ0n) is 8.04. The number of aryl methyl sites for hydroxylation is 1.